The van der Waals surface area contributed by atoms with Crippen molar-refractivity contribution in [2.45, 2.75) is 6.29 Å². The molecule has 1 fully saturated rings. The molecule has 0 spiro atoms. The second-order valence-electron chi connectivity index (χ2n) is 4.14. The maximum Gasteiger partial charge on any atom is 0.184 e. The zero-order valence-electron chi connectivity index (χ0n) is 9.80. The van der Waals surface area contributed by atoms with E-state index in [0.29, 0.717) is 18.8 Å². The second-order valence-corrected chi connectivity index (χ2v) is 4.14. The summed E-state index contributed by atoms with van der Waals surface area (Å²) >= 11 is 0. The molecule has 2 aromatic rings. The van der Waals surface area contributed by atoms with E-state index < -0.39 is 0 Å². The summed E-state index contributed by atoms with van der Waals surface area (Å²) in [7, 11) is 0. The van der Waals surface area contributed by atoms with Crippen LogP contribution in [0.25, 0.3) is 11.1 Å². The number of hydrogen-bond donors (Lipinski definition) is 0. The summed E-state index contributed by atoms with van der Waals surface area (Å²) in [4.78, 5) is 0. The fourth-order valence-corrected chi connectivity index (χ4v) is 2.17. The average molecular weight is 244 g/mol. The van der Waals surface area contributed by atoms with E-state index in [1.807, 2.05) is 30.3 Å². The van der Waals surface area contributed by atoms with Gasteiger partial charge in [-0.25, -0.2) is 4.39 Å². The van der Waals surface area contributed by atoms with Crippen LogP contribution in [0.4, 0.5) is 4.39 Å². The van der Waals surface area contributed by atoms with Crippen LogP contribution < -0.4 is 0 Å². The van der Waals surface area contributed by atoms with E-state index >= 15 is 0 Å². The van der Waals surface area contributed by atoms with E-state index in [4.69, 9.17) is 9.47 Å². The van der Waals surface area contributed by atoms with E-state index in [0.717, 1.165) is 11.1 Å². The molecule has 0 atom stereocenters. The molecular weight excluding hydrogens is 231 g/mol. The van der Waals surface area contributed by atoms with Crippen LogP contribution in [0, 0.1) is 5.82 Å². The zero-order chi connectivity index (χ0) is 12.4. The lowest BCUT2D eigenvalue weighted by Gasteiger charge is -2.15. The van der Waals surface area contributed by atoms with Gasteiger partial charge >= 0.3 is 0 Å². The number of rotatable bonds is 2. The molecule has 0 amide bonds. The molecule has 1 aliphatic heterocycles. The molecule has 18 heavy (non-hydrogen) atoms. The van der Waals surface area contributed by atoms with Crippen LogP contribution >= 0.6 is 0 Å². The Hall–Kier alpha value is -1.71. The van der Waals surface area contributed by atoms with Crippen molar-refractivity contribution in [3.05, 3.63) is 59.9 Å². The first-order valence-corrected chi connectivity index (χ1v) is 5.93. The Morgan fingerprint density at radius 1 is 0.833 bits per heavy atom. The van der Waals surface area contributed by atoms with Gasteiger partial charge in [-0.2, -0.15) is 0 Å². The number of hydrogen-bond acceptors (Lipinski definition) is 2. The van der Waals surface area contributed by atoms with Gasteiger partial charge in [0.15, 0.2) is 6.29 Å². The molecule has 0 unspecified atom stereocenters. The molecule has 92 valence electrons. The molecule has 0 bridgehead atoms. The molecule has 1 saturated heterocycles. The van der Waals surface area contributed by atoms with Crippen molar-refractivity contribution in [2.75, 3.05) is 13.2 Å². The predicted molar refractivity (Wildman–Crippen MR) is 66.5 cm³/mol. The van der Waals surface area contributed by atoms with Crippen molar-refractivity contribution in [3.8, 4) is 11.1 Å². The minimum Gasteiger partial charge on any atom is -0.346 e. The minimum atomic E-state index is -0.388. The van der Waals surface area contributed by atoms with Crippen LogP contribution in [0.15, 0.2) is 48.5 Å². The molecule has 3 rings (SSSR count). The van der Waals surface area contributed by atoms with E-state index in [9.17, 15) is 4.39 Å². The smallest absolute Gasteiger partial charge is 0.184 e. The van der Waals surface area contributed by atoms with E-state index in [-0.39, 0.29) is 12.1 Å². The molecular formula is C15H13FO2. The Kier molecular flexibility index (Phi) is 3.09. The summed E-state index contributed by atoms with van der Waals surface area (Å²) in [5.41, 5.74) is 2.27. The Morgan fingerprint density at radius 2 is 1.44 bits per heavy atom. The molecule has 3 heteroatoms. The quantitative estimate of drug-likeness (QED) is 0.804. The van der Waals surface area contributed by atoms with Gasteiger partial charge in [-0.15, -0.1) is 0 Å². The molecule has 2 aromatic carbocycles. The van der Waals surface area contributed by atoms with Crippen molar-refractivity contribution < 1.29 is 13.9 Å². The van der Waals surface area contributed by atoms with Gasteiger partial charge in [-0.1, -0.05) is 42.5 Å². The highest BCUT2D eigenvalue weighted by molar-refractivity contribution is 5.68. The van der Waals surface area contributed by atoms with Crippen molar-refractivity contribution >= 4 is 0 Å². The van der Waals surface area contributed by atoms with Crippen LogP contribution in [0.2, 0.25) is 0 Å². The van der Waals surface area contributed by atoms with Crippen LogP contribution in [0.1, 0.15) is 11.9 Å². The Bertz CT molecular complexity index is 548. The first kappa shape index (κ1) is 11.4. The average Bonchev–Trinajstić information content (AvgIpc) is 2.93. The van der Waals surface area contributed by atoms with Crippen molar-refractivity contribution in [3.63, 3.8) is 0 Å². The number of benzene rings is 2. The Morgan fingerprint density at radius 3 is 2.17 bits per heavy atom. The third-order valence-electron chi connectivity index (χ3n) is 3.00. The third kappa shape index (κ3) is 2.03. The highest BCUT2D eigenvalue weighted by Gasteiger charge is 2.22. The maximum atomic E-state index is 13.9. The summed E-state index contributed by atoms with van der Waals surface area (Å²) in [5.74, 6) is -0.233. The Balaban J connectivity index is 2.09. The van der Waals surface area contributed by atoms with E-state index in [1.54, 1.807) is 12.1 Å². The van der Waals surface area contributed by atoms with Crippen LogP contribution in [0.5, 0.6) is 0 Å². The Labute approximate surface area is 105 Å². The van der Waals surface area contributed by atoms with Crippen molar-refractivity contribution in [1.29, 1.82) is 0 Å². The van der Waals surface area contributed by atoms with E-state index in [2.05, 4.69) is 0 Å². The van der Waals surface area contributed by atoms with Crippen molar-refractivity contribution in [2.24, 2.45) is 0 Å². The summed E-state index contributed by atoms with van der Waals surface area (Å²) in [6, 6.07) is 14.3. The highest BCUT2D eigenvalue weighted by Crippen LogP contribution is 2.33. The zero-order valence-corrected chi connectivity index (χ0v) is 9.80. The molecule has 1 heterocycles. The lowest BCUT2D eigenvalue weighted by Crippen LogP contribution is -2.01. The number of halogens is 1. The van der Waals surface area contributed by atoms with Gasteiger partial charge in [-0.05, 0) is 11.6 Å². The topological polar surface area (TPSA) is 18.5 Å². The lowest BCUT2D eigenvalue weighted by molar-refractivity contribution is -0.0436. The lowest BCUT2D eigenvalue weighted by atomic mass is 9.99. The molecule has 0 aromatic heterocycles. The molecule has 0 N–H and O–H groups in total. The molecule has 2 nitrogen and oxygen atoms in total. The highest BCUT2D eigenvalue weighted by atomic mass is 19.1. The summed E-state index contributed by atoms with van der Waals surface area (Å²) < 4.78 is 24.9. The van der Waals surface area contributed by atoms with Crippen molar-refractivity contribution in [1.82, 2.24) is 0 Å². The van der Waals surface area contributed by atoms with Crippen LogP contribution in [0.3, 0.4) is 0 Å². The summed E-state index contributed by atoms with van der Waals surface area (Å²) in [5, 5.41) is 0. The van der Waals surface area contributed by atoms with Gasteiger partial charge in [0.25, 0.3) is 0 Å². The SMILES string of the molecule is Fc1ccccc1-c1ccccc1C1OCCO1. The van der Waals surface area contributed by atoms with Gasteiger partial charge in [-0.3, -0.25) is 0 Å². The fraction of sp³-hybridized carbons (Fsp3) is 0.200. The van der Waals surface area contributed by atoms with Crippen LogP contribution in [-0.2, 0) is 9.47 Å². The van der Waals surface area contributed by atoms with Gasteiger partial charge in [0, 0.05) is 11.1 Å². The minimum absolute atomic E-state index is 0.233. The number of ether oxygens (including phenoxy) is 2. The largest absolute Gasteiger partial charge is 0.346 e. The molecule has 0 radical (unpaired) electrons. The first-order valence-electron chi connectivity index (χ1n) is 5.93. The van der Waals surface area contributed by atoms with Crippen LogP contribution in [-0.4, -0.2) is 13.2 Å². The van der Waals surface area contributed by atoms with Gasteiger partial charge in [0.2, 0.25) is 0 Å². The van der Waals surface area contributed by atoms with Gasteiger partial charge < -0.3 is 9.47 Å². The standard InChI is InChI=1S/C15H13FO2/c16-14-8-4-3-6-12(14)11-5-1-2-7-13(11)15-17-9-10-18-15/h1-8,15H,9-10H2. The predicted octanol–water partition coefficient (Wildman–Crippen LogP) is 3.54. The normalized spacial score (nSPS) is 16.1. The van der Waals surface area contributed by atoms with E-state index in [1.165, 1.54) is 6.07 Å². The molecule has 0 aliphatic carbocycles. The van der Waals surface area contributed by atoms with Gasteiger partial charge in [0.05, 0.1) is 13.2 Å². The molecule has 0 saturated carbocycles. The monoisotopic (exact) mass is 244 g/mol. The fourth-order valence-electron chi connectivity index (χ4n) is 2.17. The first-order chi connectivity index (χ1) is 8.86. The summed E-state index contributed by atoms with van der Waals surface area (Å²) in [6.45, 7) is 1.16. The van der Waals surface area contributed by atoms with Gasteiger partial charge in [0.1, 0.15) is 5.82 Å². The maximum absolute atomic E-state index is 13.9. The summed E-state index contributed by atoms with van der Waals surface area (Å²) in [6.07, 6.45) is -0.388. The third-order valence-corrected chi connectivity index (χ3v) is 3.00. The molecule has 1 aliphatic rings. The second kappa shape index (κ2) is 4.88.